The molecule has 0 fully saturated rings. The molecule has 140 valence electrons. The number of nitrogens with zero attached hydrogens (tertiary/aromatic N) is 5. The largest absolute Gasteiger partial charge is 0.355 e. The van der Waals surface area contributed by atoms with Gasteiger partial charge in [-0.1, -0.05) is 42.1 Å². The van der Waals surface area contributed by atoms with E-state index in [0.717, 1.165) is 17.0 Å². The van der Waals surface area contributed by atoms with Crippen molar-refractivity contribution < 1.29 is 4.79 Å². The van der Waals surface area contributed by atoms with Crippen molar-refractivity contribution in [3.63, 3.8) is 0 Å². The van der Waals surface area contributed by atoms with Crippen LogP contribution in [-0.4, -0.2) is 43.0 Å². The maximum atomic E-state index is 12.1. The molecular formula is C20H18N6OS. The van der Waals surface area contributed by atoms with Crippen molar-refractivity contribution in [2.45, 2.75) is 11.4 Å². The Balaban J connectivity index is 1.36. The first-order valence-electron chi connectivity index (χ1n) is 8.86. The van der Waals surface area contributed by atoms with Crippen LogP contribution < -0.4 is 5.32 Å². The molecule has 4 rings (SSSR count). The summed E-state index contributed by atoms with van der Waals surface area (Å²) in [6, 6.07) is 17.5. The monoisotopic (exact) mass is 390 g/mol. The van der Waals surface area contributed by atoms with E-state index in [1.807, 2.05) is 42.5 Å². The van der Waals surface area contributed by atoms with Crippen molar-refractivity contribution in [2.24, 2.45) is 0 Å². The zero-order valence-electron chi connectivity index (χ0n) is 15.0. The zero-order chi connectivity index (χ0) is 19.2. The van der Waals surface area contributed by atoms with Gasteiger partial charge in [0.1, 0.15) is 5.03 Å². The molecule has 4 aromatic rings. The molecule has 0 aliphatic heterocycles. The summed E-state index contributed by atoms with van der Waals surface area (Å²) in [6.07, 6.45) is 4.24. The van der Waals surface area contributed by atoms with Crippen molar-refractivity contribution in [1.29, 1.82) is 0 Å². The van der Waals surface area contributed by atoms with E-state index >= 15 is 0 Å². The number of aromatic nitrogens is 5. The van der Waals surface area contributed by atoms with E-state index in [0.29, 0.717) is 23.8 Å². The average Bonchev–Trinajstić information content (AvgIpc) is 3.17. The van der Waals surface area contributed by atoms with Crippen LogP contribution >= 0.6 is 11.8 Å². The predicted molar refractivity (Wildman–Crippen MR) is 108 cm³/mol. The summed E-state index contributed by atoms with van der Waals surface area (Å²) in [5.41, 5.74) is 2.69. The number of thioether (sulfide) groups is 1. The lowest BCUT2D eigenvalue weighted by molar-refractivity contribution is -0.118. The van der Waals surface area contributed by atoms with E-state index in [1.165, 1.54) is 17.3 Å². The lowest BCUT2D eigenvalue weighted by Gasteiger charge is -2.06. The van der Waals surface area contributed by atoms with Gasteiger partial charge in [-0.3, -0.25) is 9.78 Å². The predicted octanol–water partition coefficient (Wildman–Crippen LogP) is 2.64. The molecule has 3 heterocycles. The van der Waals surface area contributed by atoms with Crippen molar-refractivity contribution in [2.75, 3.05) is 12.3 Å². The third-order valence-corrected chi connectivity index (χ3v) is 5.01. The van der Waals surface area contributed by atoms with Crippen LogP contribution in [0, 0.1) is 0 Å². The molecule has 3 aromatic heterocycles. The number of nitrogens with one attached hydrogen (secondary N) is 1. The van der Waals surface area contributed by atoms with Crippen molar-refractivity contribution in [3.8, 4) is 11.4 Å². The number of benzene rings is 1. The van der Waals surface area contributed by atoms with Crippen LogP contribution in [0.15, 0.2) is 72.0 Å². The van der Waals surface area contributed by atoms with E-state index in [1.54, 1.807) is 16.9 Å². The first-order chi connectivity index (χ1) is 13.8. The summed E-state index contributed by atoms with van der Waals surface area (Å²) in [4.78, 5) is 16.2. The quantitative estimate of drug-likeness (QED) is 0.488. The summed E-state index contributed by atoms with van der Waals surface area (Å²) in [7, 11) is 0. The maximum absolute atomic E-state index is 12.1. The first-order valence-corrected chi connectivity index (χ1v) is 9.84. The molecule has 1 aromatic carbocycles. The fourth-order valence-electron chi connectivity index (χ4n) is 2.71. The molecule has 0 atom stereocenters. The van der Waals surface area contributed by atoms with Gasteiger partial charge < -0.3 is 5.32 Å². The van der Waals surface area contributed by atoms with Gasteiger partial charge in [0.2, 0.25) is 5.91 Å². The molecule has 8 heteroatoms. The third kappa shape index (κ3) is 4.34. The van der Waals surface area contributed by atoms with E-state index in [2.05, 4.69) is 37.7 Å². The van der Waals surface area contributed by atoms with Gasteiger partial charge in [-0.25, -0.2) is 0 Å². The number of hydrogen-bond acceptors (Lipinski definition) is 6. The van der Waals surface area contributed by atoms with Crippen molar-refractivity contribution >= 4 is 23.3 Å². The molecule has 0 spiro atoms. The fourth-order valence-corrected chi connectivity index (χ4v) is 3.39. The Hall–Kier alpha value is -3.26. The van der Waals surface area contributed by atoms with Crippen LogP contribution in [0.25, 0.3) is 17.0 Å². The molecule has 28 heavy (non-hydrogen) atoms. The van der Waals surface area contributed by atoms with Gasteiger partial charge in [0.15, 0.2) is 11.5 Å². The second-order valence-electron chi connectivity index (χ2n) is 6.08. The standard InChI is InChI=1S/C20H18N6OS/c27-18(22-12-10-15-5-2-1-3-6-15)14-28-19-9-8-17-23-24-20(26(17)25-19)16-7-4-11-21-13-16/h1-9,11,13H,10,12,14H2,(H,22,27). The minimum Gasteiger partial charge on any atom is -0.355 e. The Morgan fingerprint density at radius 2 is 1.93 bits per heavy atom. The summed E-state index contributed by atoms with van der Waals surface area (Å²) in [5.74, 6) is 0.911. The Bertz CT molecular complexity index is 1070. The summed E-state index contributed by atoms with van der Waals surface area (Å²) in [6.45, 7) is 0.618. The first kappa shape index (κ1) is 18.1. The molecule has 0 aliphatic carbocycles. The van der Waals surface area contributed by atoms with Gasteiger partial charge in [-0.2, -0.15) is 9.61 Å². The van der Waals surface area contributed by atoms with E-state index in [9.17, 15) is 4.79 Å². The van der Waals surface area contributed by atoms with Crippen molar-refractivity contribution in [3.05, 3.63) is 72.6 Å². The van der Waals surface area contributed by atoms with Crippen LogP contribution in [0.4, 0.5) is 0 Å². The second-order valence-corrected chi connectivity index (χ2v) is 7.08. The smallest absolute Gasteiger partial charge is 0.230 e. The summed E-state index contributed by atoms with van der Waals surface area (Å²) in [5, 5.41) is 16.6. The van der Waals surface area contributed by atoms with Gasteiger partial charge in [0, 0.05) is 24.5 Å². The minimum atomic E-state index is -0.0148. The molecule has 0 aliphatic rings. The highest BCUT2D eigenvalue weighted by atomic mass is 32.2. The summed E-state index contributed by atoms with van der Waals surface area (Å²) < 4.78 is 1.67. The minimum absolute atomic E-state index is 0.0148. The van der Waals surface area contributed by atoms with Crippen LogP contribution in [-0.2, 0) is 11.2 Å². The highest BCUT2D eigenvalue weighted by molar-refractivity contribution is 7.99. The third-order valence-electron chi connectivity index (χ3n) is 4.09. The maximum Gasteiger partial charge on any atom is 0.230 e. The van der Waals surface area contributed by atoms with Gasteiger partial charge in [0.25, 0.3) is 0 Å². The normalized spacial score (nSPS) is 10.9. The molecule has 1 amide bonds. The second kappa shape index (κ2) is 8.62. The molecule has 1 N–H and O–H groups in total. The topological polar surface area (TPSA) is 85.1 Å². The van der Waals surface area contributed by atoms with E-state index in [-0.39, 0.29) is 5.91 Å². The number of carbonyl (C=O) groups excluding carboxylic acids is 1. The SMILES string of the molecule is O=C(CSc1ccc2nnc(-c3cccnc3)n2n1)NCCc1ccccc1. The lowest BCUT2D eigenvalue weighted by atomic mass is 10.1. The number of rotatable bonds is 7. The van der Waals surface area contributed by atoms with Crippen LogP contribution in [0.5, 0.6) is 0 Å². The zero-order valence-corrected chi connectivity index (χ0v) is 15.8. The van der Waals surface area contributed by atoms with Crippen LogP contribution in [0.1, 0.15) is 5.56 Å². The number of amides is 1. The van der Waals surface area contributed by atoms with E-state index < -0.39 is 0 Å². The molecule has 0 saturated heterocycles. The summed E-state index contributed by atoms with van der Waals surface area (Å²) >= 11 is 1.38. The molecular weight excluding hydrogens is 372 g/mol. The Labute approximate surface area is 166 Å². The Morgan fingerprint density at radius 3 is 2.75 bits per heavy atom. The molecule has 7 nitrogen and oxygen atoms in total. The van der Waals surface area contributed by atoms with Gasteiger partial charge in [-0.15, -0.1) is 10.2 Å². The van der Waals surface area contributed by atoms with Crippen LogP contribution in [0.2, 0.25) is 0 Å². The highest BCUT2D eigenvalue weighted by Gasteiger charge is 2.11. The van der Waals surface area contributed by atoms with Crippen molar-refractivity contribution in [1.82, 2.24) is 30.1 Å². The Morgan fingerprint density at radius 1 is 1.04 bits per heavy atom. The fraction of sp³-hybridized carbons (Fsp3) is 0.150. The molecule has 0 bridgehead atoms. The number of fused-ring (bicyclic) bond motifs is 1. The molecule has 0 saturated carbocycles. The average molecular weight is 390 g/mol. The highest BCUT2D eigenvalue weighted by Crippen LogP contribution is 2.19. The number of hydrogen-bond donors (Lipinski definition) is 1. The van der Waals surface area contributed by atoms with Gasteiger partial charge >= 0.3 is 0 Å². The van der Waals surface area contributed by atoms with Crippen LogP contribution in [0.3, 0.4) is 0 Å². The molecule has 0 radical (unpaired) electrons. The lowest BCUT2D eigenvalue weighted by Crippen LogP contribution is -2.27. The Kier molecular flexibility index (Phi) is 5.58. The number of pyridine rings is 1. The number of carbonyl (C=O) groups is 1. The van der Waals surface area contributed by atoms with Gasteiger partial charge in [0.05, 0.1) is 5.75 Å². The van der Waals surface area contributed by atoms with Gasteiger partial charge in [-0.05, 0) is 36.2 Å². The van der Waals surface area contributed by atoms with E-state index in [4.69, 9.17) is 0 Å². The molecule has 0 unspecified atom stereocenters.